The molecule has 1 N–H and O–H groups in total. The van der Waals surface area contributed by atoms with Gasteiger partial charge in [-0.15, -0.1) is 0 Å². The summed E-state index contributed by atoms with van der Waals surface area (Å²) in [4.78, 5) is 26.0. The Morgan fingerprint density at radius 2 is 2.00 bits per heavy atom. The van der Waals surface area contributed by atoms with E-state index in [1.54, 1.807) is 6.92 Å². The van der Waals surface area contributed by atoms with Crippen LogP contribution in [-0.2, 0) is 9.59 Å². The standard InChI is InChI=1S/C11H18N2O3/c1-8(14)13(9-2-3-9)10-4-5-12(6-10)7-11(15)16/h9-10H,2-7H2,1H3,(H,15,16)/t10-/m0/s1. The second-order valence-electron chi connectivity index (χ2n) is 4.73. The zero-order valence-electron chi connectivity index (χ0n) is 9.56. The number of amides is 1. The Morgan fingerprint density at radius 3 is 2.50 bits per heavy atom. The molecule has 90 valence electrons. The van der Waals surface area contributed by atoms with Crippen molar-refractivity contribution in [2.75, 3.05) is 19.6 Å². The van der Waals surface area contributed by atoms with Gasteiger partial charge in [-0.1, -0.05) is 0 Å². The molecule has 1 aliphatic carbocycles. The van der Waals surface area contributed by atoms with Crippen LogP contribution in [0.3, 0.4) is 0 Å². The maximum Gasteiger partial charge on any atom is 0.317 e. The molecule has 0 radical (unpaired) electrons. The fraction of sp³-hybridized carbons (Fsp3) is 0.818. The van der Waals surface area contributed by atoms with Crippen molar-refractivity contribution in [1.29, 1.82) is 0 Å². The van der Waals surface area contributed by atoms with Gasteiger partial charge in [0.15, 0.2) is 0 Å². The molecule has 1 aliphatic heterocycles. The Labute approximate surface area is 95.0 Å². The van der Waals surface area contributed by atoms with Gasteiger partial charge in [-0.25, -0.2) is 0 Å². The van der Waals surface area contributed by atoms with Gasteiger partial charge in [0, 0.05) is 32.1 Å². The largest absolute Gasteiger partial charge is 0.480 e. The summed E-state index contributed by atoms with van der Waals surface area (Å²) in [5.41, 5.74) is 0. The van der Waals surface area contributed by atoms with Crippen molar-refractivity contribution in [1.82, 2.24) is 9.80 Å². The zero-order chi connectivity index (χ0) is 11.7. The molecule has 0 bridgehead atoms. The molecule has 0 spiro atoms. The number of nitrogens with zero attached hydrogens (tertiary/aromatic N) is 2. The second kappa shape index (κ2) is 4.41. The summed E-state index contributed by atoms with van der Waals surface area (Å²) in [6, 6.07) is 0.650. The predicted molar refractivity (Wildman–Crippen MR) is 58.0 cm³/mol. The van der Waals surface area contributed by atoms with Crippen LogP contribution in [0.2, 0.25) is 0 Å². The Balaban J connectivity index is 1.90. The summed E-state index contributed by atoms with van der Waals surface area (Å²) in [7, 11) is 0. The fourth-order valence-electron chi connectivity index (χ4n) is 2.54. The number of carboxylic acids is 1. The van der Waals surface area contributed by atoms with E-state index in [2.05, 4.69) is 0 Å². The summed E-state index contributed by atoms with van der Waals surface area (Å²) in [6.45, 7) is 3.20. The van der Waals surface area contributed by atoms with E-state index < -0.39 is 5.97 Å². The lowest BCUT2D eigenvalue weighted by Gasteiger charge is -2.28. The third-order valence-corrected chi connectivity index (χ3v) is 3.30. The minimum absolute atomic E-state index is 0.0902. The van der Waals surface area contributed by atoms with E-state index in [0.717, 1.165) is 25.8 Å². The molecule has 16 heavy (non-hydrogen) atoms. The number of carbonyl (C=O) groups excluding carboxylic acids is 1. The predicted octanol–water partition coefficient (Wildman–Crippen LogP) is 0.156. The van der Waals surface area contributed by atoms with Crippen LogP contribution in [0.25, 0.3) is 0 Å². The number of hydrogen-bond acceptors (Lipinski definition) is 3. The molecule has 2 fully saturated rings. The molecule has 0 aromatic carbocycles. The molecule has 0 aromatic rings. The highest BCUT2D eigenvalue weighted by Gasteiger charge is 2.38. The Bertz CT molecular complexity index is 302. The van der Waals surface area contributed by atoms with Gasteiger partial charge in [0.2, 0.25) is 5.91 Å². The quantitative estimate of drug-likeness (QED) is 0.741. The highest BCUT2D eigenvalue weighted by molar-refractivity contribution is 5.74. The van der Waals surface area contributed by atoms with Gasteiger partial charge in [-0.2, -0.15) is 0 Å². The van der Waals surface area contributed by atoms with Crippen molar-refractivity contribution in [3.63, 3.8) is 0 Å². The SMILES string of the molecule is CC(=O)N(C1CC1)[C@H]1CCN(CC(=O)O)C1. The summed E-state index contributed by atoms with van der Waals surface area (Å²) in [5, 5.41) is 8.71. The van der Waals surface area contributed by atoms with Crippen molar-refractivity contribution in [2.45, 2.75) is 38.3 Å². The van der Waals surface area contributed by atoms with Gasteiger partial charge in [-0.05, 0) is 19.3 Å². The molecule has 2 rings (SSSR count). The van der Waals surface area contributed by atoms with E-state index in [-0.39, 0.29) is 18.5 Å². The molecule has 5 nitrogen and oxygen atoms in total. The monoisotopic (exact) mass is 226 g/mol. The molecule has 1 saturated heterocycles. The lowest BCUT2D eigenvalue weighted by atomic mass is 10.2. The molecule has 1 atom stereocenters. The molecular formula is C11H18N2O3. The van der Waals surface area contributed by atoms with Crippen LogP contribution in [0.4, 0.5) is 0 Å². The first kappa shape index (κ1) is 11.4. The molecular weight excluding hydrogens is 208 g/mol. The van der Waals surface area contributed by atoms with Crippen molar-refractivity contribution >= 4 is 11.9 Å². The highest BCUT2D eigenvalue weighted by atomic mass is 16.4. The van der Waals surface area contributed by atoms with Crippen molar-refractivity contribution < 1.29 is 14.7 Å². The number of carboxylic acid groups (broad SMARTS) is 1. The number of carbonyl (C=O) groups is 2. The molecule has 1 heterocycles. The first-order chi connectivity index (χ1) is 7.58. The normalized spacial score (nSPS) is 25.7. The highest BCUT2D eigenvalue weighted by Crippen LogP contribution is 2.31. The van der Waals surface area contributed by atoms with Gasteiger partial charge in [0.1, 0.15) is 0 Å². The van der Waals surface area contributed by atoms with Gasteiger partial charge < -0.3 is 10.0 Å². The van der Waals surface area contributed by atoms with Crippen molar-refractivity contribution in [3.05, 3.63) is 0 Å². The summed E-state index contributed by atoms with van der Waals surface area (Å²) < 4.78 is 0. The van der Waals surface area contributed by atoms with E-state index in [9.17, 15) is 9.59 Å². The molecule has 0 aromatic heterocycles. The lowest BCUT2D eigenvalue weighted by Crippen LogP contribution is -2.42. The number of likely N-dealkylation sites (tertiary alicyclic amines) is 1. The molecule has 1 amide bonds. The summed E-state index contributed by atoms with van der Waals surface area (Å²) >= 11 is 0. The summed E-state index contributed by atoms with van der Waals surface area (Å²) in [6.07, 6.45) is 3.12. The van der Waals surface area contributed by atoms with Crippen LogP contribution in [0.1, 0.15) is 26.2 Å². The van der Waals surface area contributed by atoms with Gasteiger partial charge in [0.05, 0.1) is 6.54 Å². The summed E-state index contributed by atoms with van der Waals surface area (Å²) in [5.74, 6) is -0.661. The first-order valence-electron chi connectivity index (χ1n) is 5.81. The lowest BCUT2D eigenvalue weighted by molar-refractivity contribution is -0.138. The van der Waals surface area contributed by atoms with Crippen LogP contribution < -0.4 is 0 Å². The molecule has 5 heteroatoms. The Morgan fingerprint density at radius 1 is 1.31 bits per heavy atom. The van der Waals surface area contributed by atoms with Gasteiger partial charge >= 0.3 is 5.97 Å². The Kier molecular flexibility index (Phi) is 3.14. The number of rotatable bonds is 4. The second-order valence-corrected chi connectivity index (χ2v) is 4.73. The van der Waals surface area contributed by atoms with Crippen LogP contribution >= 0.6 is 0 Å². The smallest absolute Gasteiger partial charge is 0.317 e. The Hall–Kier alpha value is -1.10. The topological polar surface area (TPSA) is 60.9 Å². The van der Waals surface area contributed by atoms with Crippen LogP contribution in [0, 0.1) is 0 Å². The van der Waals surface area contributed by atoms with Crippen molar-refractivity contribution in [2.24, 2.45) is 0 Å². The molecule has 0 unspecified atom stereocenters. The van der Waals surface area contributed by atoms with E-state index in [0.29, 0.717) is 12.6 Å². The first-order valence-corrected chi connectivity index (χ1v) is 5.81. The van der Waals surface area contributed by atoms with Crippen LogP contribution in [0.15, 0.2) is 0 Å². The number of aliphatic carboxylic acids is 1. The molecule has 2 aliphatic rings. The minimum atomic E-state index is -0.790. The zero-order valence-corrected chi connectivity index (χ0v) is 9.56. The van der Waals surface area contributed by atoms with E-state index in [1.807, 2.05) is 9.80 Å². The average Bonchev–Trinajstić information content (AvgIpc) is 2.87. The third-order valence-electron chi connectivity index (χ3n) is 3.30. The maximum atomic E-state index is 11.5. The number of hydrogen-bond donors (Lipinski definition) is 1. The van der Waals surface area contributed by atoms with E-state index in [1.165, 1.54) is 0 Å². The maximum absolute atomic E-state index is 11.5. The van der Waals surface area contributed by atoms with E-state index >= 15 is 0 Å². The third kappa shape index (κ3) is 2.52. The van der Waals surface area contributed by atoms with E-state index in [4.69, 9.17) is 5.11 Å². The van der Waals surface area contributed by atoms with Crippen LogP contribution in [-0.4, -0.2) is 58.5 Å². The van der Waals surface area contributed by atoms with Gasteiger partial charge in [-0.3, -0.25) is 14.5 Å². The van der Waals surface area contributed by atoms with Crippen molar-refractivity contribution in [3.8, 4) is 0 Å². The van der Waals surface area contributed by atoms with Crippen LogP contribution in [0.5, 0.6) is 0 Å². The van der Waals surface area contributed by atoms with Gasteiger partial charge in [0.25, 0.3) is 0 Å². The average molecular weight is 226 g/mol. The fourth-order valence-corrected chi connectivity index (χ4v) is 2.54. The molecule has 1 saturated carbocycles. The minimum Gasteiger partial charge on any atom is -0.480 e.